The number of benzene rings is 2. The highest BCUT2D eigenvalue weighted by Gasteiger charge is 2.35. The van der Waals surface area contributed by atoms with Gasteiger partial charge in [-0.15, -0.1) is 12.4 Å². The highest BCUT2D eigenvalue weighted by atomic mass is 35.5. The van der Waals surface area contributed by atoms with Crippen LogP contribution in [0.15, 0.2) is 48.5 Å². The zero-order chi connectivity index (χ0) is 20.6. The summed E-state index contributed by atoms with van der Waals surface area (Å²) >= 11 is 0. The standard InChI is InChI=1S/C23H32N2O3.ClH/c1-5-23(6-2,17-24)22(26)25(3)15-19-12-13-20(21(14-19)27-4)28-16-18-10-8-7-9-11-18;/h7-14H,5-6,15-17,24H2,1-4H3;1H. The van der Waals surface area contributed by atoms with Crippen LogP contribution >= 0.6 is 12.4 Å². The predicted molar refractivity (Wildman–Crippen MR) is 120 cm³/mol. The normalized spacial score (nSPS) is 10.8. The van der Waals surface area contributed by atoms with Crippen LogP contribution in [0.2, 0.25) is 0 Å². The van der Waals surface area contributed by atoms with Gasteiger partial charge in [-0.25, -0.2) is 0 Å². The molecule has 0 aliphatic rings. The second-order valence-electron chi connectivity index (χ2n) is 7.11. The van der Waals surface area contributed by atoms with Gasteiger partial charge in [-0.2, -0.15) is 0 Å². The van der Waals surface area contributed by atoms with E-state index in [1.807, 2.05) is 69.4 Å². The van der Waals surface area contributed by atoms with E-state index in [1.54, 1.807) is 12.0 Å². The lowest BCUT2D eigenvalue weighted by Gasteiger charge is -2.33. The number of hydrogen-bond donors (Lipinski definition) is 1. The average Bonchev–Trinajstić information content (AvgIpc) is 2.74. The molecule has 0 aromatic heterocycles. The number of amides is 1. The van der Waals surface area contributed by atoms with Crippen LogP contribution in [-0.4, -0.2) is 31.5 Å². The van der Waals surface area contributed by atoms with E-state index in [-0.39, 0.29) is 18.3 Å². The molecule has 0 unspecified atom stereocenters. The van der Waals surface area contributed by atoms with Crippen molar-refractivity contribution in [2.75, 3.05) is 20.7 Å². The van der Waals surface area contributed by atoms with Crippen molar-refractivity contribution in [3.05, 3.63) is 59.7 Å². The van der Waals surface area contributed by atoms with Gasteiger partial charge in [-0.1, -0.05) is 50.2 Å². The van der Waals surface area contributed by atoms with Gasteiger partial charge in [0, 0.05) is 20.1 Å². The van der Waals surface area contributed by atoms with Crippen LogP contribution in [-0.2, 0) is 17.9 Å². The second kappa shape index (κ2) is 11.7. The average molecular weight is 421 g/mol. The molecule has 1 amide bonds. The van der Waals surface area contributed by atoms with Crippen molar-refractivity contribution >= 4 is 18.3 Å². The van der Waals surface area contributed by atoms with E-state index in [0.717, 1.165) is 24.0 Å². The van der Waals surface area contributed by atoms with Gasteiger partial charge in [0.1, 0.15) is 6.61 Å². The molecule has 0 saturated carbocycles. The highest BCUT2D eigenvalue weighted by Crippen LogP contribution is 2.31. The number of methoxy groups -OCH3 is 1. The van der Waals surface area contributed by atoms with Crippen molar-refractivity contribution in [3.8, 4) is 11.5 Å². The molecule has 160 valence electrons. The Labute approximate surface area is 180 Å². The van der Waals surface area contributed by atoms with Crippen LogP contribution in [0, 0.1) is 5.41 Å². The lowest BCUT2D eigenvalue weighted by Crippen LogP contribution is -2.45. The smallest absolute Gasteiger partial charge is 0.230 e. The quantitative estimate of drug-likeness (QED) is 0.617. The predicted octanol–water partition coefficient (Wildman–Crippen LogP) is 4.42. The summed E-state index contributed by atoms with van der Waals surface area (Å²) in [6.45, 7) is 5.36. The van der Waals surface area contributed by atoms with Crippen LogP contribution in [0.4, 0.5) is 0 Å². The van der Waals surface area contributed by atoms with Crippen molar-refractivity contribution in [1.82, 2.24) is 4.90 Å². The summed E-state index contributed by atoms with van der Waals surface area (Å²) in [7, 11) is 3.45. The maximum absolute atomic E-state index is 12.9. The number of hydrogen-bond acceptors (Lipinski definition) is 4. The van der Waals surface area contributed by atoms with E-state index in [0.29, 0.717) is 31.2 Å². The molecule has 0 bridgehead atoms. The Balaban J connectivity index is 0.00000420. The highest BCUT2D eigenvalue weighted by molar-refractivity contribution is 5.85. The third-order valence-electron chi connectivity index (χ3n) is 5.43. The van der Waals surface area contributed by atoms with E-state index in [2.05, 4.69) is 0 Å². The number of carbonyl (C=O) groups is 1. The summed E-state index contributed by atoms with van der Waals surface area (Å²) in [6.07, 6.45) is 1.47. The fourth-order valence-electron chi connectivity index (χ4n) is 3.34. The molecule has 5 nitrogen and oxygen atoms in total. The van der Waals surface area contributed by atoms with Gasteiger partial charge in [0.15, 0.2) is 11.5 Å². The fourth-order valence-corrected chi connectivity index (χ4v) is 3.34. The topological polar surface area (TPSA) is 64.8 Å². The minimum atomic E-state index is -0.489. The minimum absolute atomic E-state index is 0. The first-order valence-corrected chi connectivity index (χ1v) is 9.79. The summed E-state index contributed by atoms with van der Waals surface area (Å²) in [6, 6.07) is 15.8. The Kier molecular flexibility index (Phi) is 9.99. The van der Waals surface area contributed by atoms with E-state index in [4.69, 9.17) is 15.2 Å². The molecule has 0 aliphatic heterocycles. The molecular weight excluding hydrogens is 388 g/mol. The first-order valence-electron chi connectivity index (χ1n) is 9.79. The van der Waals surface area contributed by atoms with Gasteiger partial charge < -0.3 is 20.1 Å². The van der Waals surface area contributed by atoms with Crippen molar-refractivity contribution in [3.63, 3.8) is 0 Å². The zero-order valence-electron chi connectivity index (χ0n) is 17.8. The van der Waals surface area contributed by atoms with Crippen LogP contribution in [0.3, 0.4) is 0 Å². The Morgan fingerprint density at radius 3 is 2.24 bits per heavy atom. The molecule has 0 heterocycles. The minimum Gasteiger partial charge on any atom is -0.493 e. The van der Waals surface area contributed by atoms with Gasteiger partial charge in [-0.3, -0.25) is 4.79 Å². The molecule has 2 rings (SSSR count). The maximum Gasteiger partial charge on any atom is 0.230 e. The number of halogens is 1. The molecule has 2 N–H and O–H groups in total. The Morgan fingerprint density at radius 1 is 1.03 bits per heavy atom. The third kappa shape index (κ3) is 6.12. The van der Waals surface area contributed by atoms with Gasteiger partial charge in [0.05, 0.1) is 12.5 Å². The molecule has 0 fully saturated rings. The number of nitrogens with zero attached hydrogens (tertiary/aromatic N) is 1. The first-order chi connectivity index (χ1) is 13.5. The van der Waals surface area contributed by atoms with E-state index < -0.39 is 5.41 Å². The van der Waals surface area contributed by atoms with E-state index in [9.17, 15) is 4.79 Å². The van der Waals surface area contributed by atoms with Crippen LogP contribution in [0.25, 0.3) is 0 Å². The molecule has 2 aromatic carbocycles. The van der Waals surface area contributed by atoms with Crippen LogP contribution < -0.4 is 15.2 Å². The Morgan fingerprint density at radius 2 is 1.69 bits per heavy atom. The summed E-state index contributed by atoms with van der Waals surface area (Å²) in [5, 5.41) is 0. The molecule has 6 heteroatoms. The lowest BCUT2D eigenvalue weighted by molar-refractivity contribution is -0.141. The maximum atomic E-state index is 12.9. The Bertz CT molecular complexity index is 756. The second-order valence-corrected chi connectivity index (χ2v) is 7.11. The Hall–Kier alpha value is -2.24. The van der Waals surface area contributed by atoms with Crippen molar-refractivity contribution in [2.45, 2.75) is 39.8 Å². The summed E-state index contributed by atoms with van der Waals surface area (Å²) < 4.78 is 11.4. The van der Waals surface area contributed by atoms with E-state index >= 15 is 0 Å². The van der Waals surface area contributed by atoms with E-state index in [1.165, 1.54) is 0 Å². The molecule has 0 spiro atoms. The molecule has 0 radical (unpaired) electrons. The molecule has 0 aliphatic carbocycles. The van der Waals surface area contributed by atoms with Gasteiger partial charge in [-0.05, 0) is 36.1 Å². The van der Waals surface area contributed by atoms with Gasteiger partial charge >= 0.3 is 0 Å². The van der Waals surface area contributed by atoms with Crippen molar-refractivity contribution in [1.29, 1.82) is 0 Å². The summed E-state index contributed by atoms with van der Waals surface area (Å²) in [5.74, 6) is 1.43. The molecular formula is C23H33ClN2O3. The van der Waals surface area contributed by atoms with Gasteiger partial charge in [0.25, 0.3) is 0 Å². The molecule has 2 aromatic rings. The fraction of sp³-hybridized carbons (Fsp3) is 0.435. The largest absolute Gasteiger partial charge is 0.493 e. The van der Waals surface area contributed by atoms with Crippen LogP contribution in [0.5, 0.6) is 11.5 Å². The number of ether oxygens (including phenoxy) is 2. The van der Waals surface area contributed by atoms with Crippen molar-refractivity contribution < 1.29 is 14.3 Å². The third-order valence-corrected chi connectivity index (χ3v) is 5.43. The monoisotopic (exact) mass is 420 g/mol. The lowest BCUT2D eigenvalue weighted by atomic mass is 9.81. The molecule has 29 heavy (non-hydrogen) atoms. The van der Waals surface area contributed by atoms with Crippen molar-refractivity contribution in [2.24, 2.45) is 11.1 Å². The van der Waals surface area contributed by atoms with Gasteiger partial charge in [0.2, 0.25) is 5.91 Å². The summed E-state index contributed by atoms with van der Waals surface area (Å²) in [5.41, 5.74) is 7.51. The number of carbonyl (C=O) groups excluding carboxylic acids is 1. The number of nitrogens with two attached hydrogens (primary N) is 1. The zero-order valence-corrected chi connectivity index (χ0v) is 18.6. The molecule has 0 saturated heterocycles. The first kappa shape index (κ1) is 24.8. The summed E-state index contributed by atoms with van der Waals surface area (Å²) in [4.78, 5) is 14.7. The molecule has 0 atom stereocenters. The SMILES string of the molecule is CCC(CC)(CN)C(=O)N(C)Cc1ccc(OCc2ccccc2)c(OC)c1.Cl. The number of rotatable bonds is 10. The van der Waals surface area contributed by atoms with Crippen LogP contribution in [0.1, 0.15) is 37.8 Å².